The number of nitrogens with zero attached hydrogens (tertiary/aromatic N) is 1. The summed E-state index contributed by atoms with van der Waals surface area (Å²) < 4.78 is 10.0. The molecule has 1 aliphatic carbocycles. The fraction of sp³-hybridized carbons (Fsp3) is 0.529. The van der Waals surface area contributed by atoms with Crippen LogP contribution in [-0.2, 0) is 0 Å². The van der Waals surface area contributed by atoms with Crippen molar-refractivity contribution in [2.75, 3.05) is 27.8 Å². The predicted molar refractivity (Wildman–Crippen MR) is 88.7 cm³/mol. The van der Waals surface area contributed by atoms with Crippen molar-refractivity contribution in [2.45, 2.75) is 25.1 Å². The van der Waals surface area contributed by atoms with Gasteiger partial charge in [0.1, 0.15) is 5.76 Å². The summed E-state index contributed by atoms with van der Waals surface area (Å²) in [7, 11) is 11.1. The maximum atomic E-state index is 9.68. The van der Waals surface area contributed by atoms with Crippen LogP contribution in [0, 0.1) is 5.92 Å². The highest BCUT2D eigenvalue weighted by atomic mass is 16.5. The second-order valence-corrected chi connectivity index (χ2v) is 5.79. The van der Waals surface area contributed by atoms with Crippen LogP contribution >= 0.6 is 0 Å². The molecule has 4 nitrogen and oxygen atoms in total. The first-order chi connectivity index (χ1) is 10.6. The number of hydrogen-bond acceptors (Lipinski definition) is 4. The SMILES string of the molecule is COc1ccccc1OC.[B]C1CC(O)=C2C(CCN2C)C1. The van der Waals surface area contributed by atoms with E-state index in [1.165, 1.54) is 0 Å². The fourth-order valence-electron chi connectivity index (χ4n) is 3.19. The van der Waals surface area contributed by atoms with E-state index in [4.69, 9.17) is 17.3 Å². The number of methoxy groups -OCH3 is 2. The van der Waals surface area contributed by atoms with Gasteiger partial charge in [0.2, 0.25) is 0 Å². The largest absolute Gasteiger partial charge is 0.511 e. The Morgan fingerprint density at radius 2 is 1.77 bits per heavy atom. The number of aliphatic hydroxyl groups excluding tert-OH is 1. The van der Waals surface area contributed by atoms with Gasteiger partial charge in [-0.2, -0.15) is 0 Å². The van der Waals surface area contributed by atoms with E-state index in [9.17, 15) is 5.11 Å². The third-order valence-electron chi connectivity index (χ3n) is 4.24. The van der Waals surface area contributed by atoms with E-state index in [2.05, 4.69) is 4.90 Å². The van der Waals surface area contributed by atoms with Gasteiger partial charge in [-0.05, 0) is 25.0 Å². The highest BCUT2D eigenvalue weighted by Crippen LogP contribution is 2.41. The first kappa shape index (κ1) is 16.6. The van der Waals surface area contributed by atoms with Crippen LogP contribution < -0.4 is 9.47 Å². The summed E-state index contributed by atoms with van der Waals surface area (Å²) in [6.45, 7) is 1.07. The van der Waals surface area contributed by atoms with Crippen molar-refractivity contribution in [3.8, 4) is 11.5 Å². The van der Waals surface area contributed by atoms with Crippen molar-refractivity contribution in [1.82, 2.24) is 4.90 Å². The van der Waals surface area contributed by atoms with Gasteiger partial charge in [0.15, 0.2) is 11.5 Å². The van der Waals surface area contributed by atoms with E-state index in [-0.39, 0.29) is 5.82 Å². The number of aliphatic hydroxyl groups is 1. The van der Waals surface area contributed by atoms with Crippen LogP contribution in [0.15, 0.2) is 35.7 Å². The van der Waals surface area contributed by atoms with Gasteiger partial charge in [0.25, 0.3) is 0 Å². The first-order valence-electron chi connectivity index (χ1n) is 7.62. The second kappa shape index (κ2) is 7.48. The fourth-order valence-corrected chi connectivity index (χ4v) is 3.19. The third-order valence-corrected chi connectivity index (χ3v) is 4.24. The molecule has 2 aliphatic rings. The van der Waals surface area contributed by atoms with E-state index >= 15 is 0 Å². The average molecular weight is 301 g/mol. The molecule has 1 aromatic carbocycles. The van der Waals surface area contributed by atoms with Gasteiger partial charge in [-0.25, -0.2) is 0 Å². The van der Waals surface area contributed by atoms with Crippen LogP contribution in [0.3, 0.4) is 0 Å². The summed E-state index contributed by atoms with van der Waals surface area (Å²) in [4.78, 5) is 2.16. The summed E-state index contributed by atoms with van der Waals surface area (Å²) in [6, 6.07) is 7.53. The van der Waals surface area contributed by atoms with Crippen molar-refractivity contribution in [2.24, 2.45) is 5.92 Å². The molecule has 22 heavy (non-hydrogen) atoms. The number of para-hydroxylation sites is 2. The number of rotatable bonds is 2. The Morgan fingerprint density at radius 3 is 2.32 bits per heavy atom. The molecular formula is C17H24BNO3. The van der Waals surface area contributed by atoms with E-state index in [0.29, 0.717) is 18.1 Å². The van der Waals surface area contributed by atoms with Gasteiger partial charge >= 0.3 is 0 Å². The minimum absolute atomic E-state index is 0.172. The van der Waals surface area contributed by atoms with Gasteiger partial charge < -0.3 is 19.5 Å². The maximum absolute atomic E-state index is 9.68. The van der Waals surface area contributed by atoms with Crippen LogP contribution in [-0.4, -0.2) is 45.7 Å². The zero-order valence-electron chi connectivity index (χ0n) is 13.6. The van der Waals surface area contributed by atoms with Crippen LogP contribution in [0.1, 0.15) is 19.3 Å². The minimum Gasteiger partial charge on any atom is -0.511 e. The maximum Gasteiger partial charge on any atom is 0.160 e. The Kier molecular flexibility index (Phi) is 5.64. The Bertz CT molecular complexity index is 509. The summed E-state index contributed by atoms with van der Waals surface area (Å²) in [6.07, 6.45) is 2.86. The zero-order valence-corrected chi connectivity index (χ0v) is 13.6. The van der Waals surface area contributed by atoms with E-state index in [0.717, 1.165) is 36.6 Å². The van der Waals surface area contributed by atoms with Crippen molar-refractivity contribution >= 4 is 7.85 Å². The molecule has 0 aromatic heterocycles. The van der Waals surface area contributed by atoms with Crippen molar-refractivity contribution < 1.29 is 14.6 Å². The summed E-state index contributed by atoms with van der Waals surface area (Å²) in [5.74, 6) is 2.76. The number of benzene rings is 1. The molecule has 1 N–H and O–H groups in total. The lowest BCUT2D eigenvalue weighted by atomic mass is 9.72. The number of fused-ring (bicyclic) bond motifs is 1. The Hall–Kier alpha value is -1.78. The number of allylic oxidation sites excluding steroid dienone is 2. The second-order valence-electron chi connectivity index (χ2n) is 5.79. The van der Waals surface area contributed by atoms with Crippen molar-refractivity contribution in [3.05, 3.63) is 35.7 Å². The zero-order chi connectivity index (χ0) is 16.1. The van der Waals surface area contributed by atoms with Gasteiger partial charge in [0.05, 0.1) is 27.8 Å². The van der Waals surface area contributed by atoms with Gasteiger partial charge in [-0.3, -0.25) is 0 Å². The van der Waals surface area contributed by atoms with Crippen LogP contribution in [0.2, 0.25) is 5.82 Å². The molecule has 0 saturated carbocycles. The third kappa shape index (κ3) is 3.70. The van der Waals surface area contributed by atoms with E-state index in [1.807, 2.05) is 31.3 Å². The lowest BCUT2D eigenvalue weighted by molar-refractivity contribution is 0.311. The lowest BCUT2D eigenvalue weighted by Crippen LogP contribution is -2.20. The predicted octanol–water partition coefficient (Wildman–Crippen LogP) is 3.16. The average Bonchev–Trinajstić information content (AvgIpc) is 2.89. The molecule has 1 saturated heterocycles. The number of likely N-dealkylation sites (tertiary alicyclic amines) is 1. The molecule has 2 unspecified atom stereocenters. The first-order valence-corrected chi connectivity index (χ1v) is 7.62. The molecule has 3 rings (SSSR count). The standard InChI is InChI=1S/C9H14BNO.C8H10O2/c1-11-3-2-6-4-7(10)5-8(12)9(6)11;1-9-7-5-3-4-6-8(7)10-2/h6-7,12H,2-5H2,1H3;3-6H,1-2H3. The van der Waals surface area contributed by atoms with Crippen molar-refractivity contribution in [1.29, 1.82) is 0 Å². The Balaban J connectivity index is 0.000000164. The van der Waals surface area contributed by atoms with Crippen LogP contribution in [0.5, 0.6) is 11.5 Å². The molecule has 0 amide bonds. The Morgan fingerprint density at radius 1 is 1.18 bits per heavy atom. The molecule has 2 atom stereocenters. The summed E-state index contributed by atoms with van der Waals surface area (Å²) in [5, 5.41) is 9.68. The summed E-state index contributed by atoms with van der Waals surface area (Å²) in [5.41, 5.74) is 1.15. The highest BCUT2D eigenvalue weighted by Gasteiger charge is 2.33. The van der Waals surface area contributed by atoms with Crippen LogP contribution in [0.4, 0.5) is 0 Å². The van der Waals surface area contributed by atoms with E-state index < -0.39 is 0 Å². The van der Waals surface area contributed by atoms with Gasteiger partial charge in [-0.15, -0.1) is 0 Å². The topological polar surface area (TPSA) is 41.9 Å². The van der Waals surface area contributed by atoms with Crippen LogP contribution in [0.25, 0.3) is 0 Å². The van der Waals surface area contributed by atoms with Gasteiger partial charge in [0, 0.05) is 25.9 Å². The lowest BCUT2D eigenvalue weighted by Gasteiger charge is -2.27. The quantitative estimate of drug-likeness (QED) is 0.852. The molecule has 0 spiro atoms. The number of ether oxygens (including phenoxy) is 2. The number of hydrogen-bond donors (Lipinski definition) is 1. The molecule has 0 bridgehead atoms. The molecule has 2 radical (unpaired) electrons. The Labute approximate surface area is 134 Å². The normalized spacial score (nSPS) is 23.5. The molecule has 1 fully saturated rings. The molecule has 1 aliphatic heterocycles. The molecule has 1 heterocycles. The smallest absolute Gasteiger partial charge is 0.160 e. The van der Waals surface area contributed by atoms with Gasteiger partial charge in [-0.1, -0.05) is 17.9 Å². The molecular weight excluding hydrogens is 277 g/mol. The highest BCUT2D eigenvalue weighted by molar-refractivity contribution is 6.11. The van der Waals surface area contributed by atoms with E-state index in [1.54, 1.807) is 14.2 Å². The molecule has 118 valence electrons. The molecule has 5 heteroatoms. The molecule has 1 aromatic rings. The summed E-state index contributed by atoms with van der Waals surface area (Å²) >= 11 is 0. The van der Waals surface area contributed by atoms with Crippen molar-refractivity contribution in [3.63, 3.8) is 0 Å². The minimum atomic E-state index is 0.172. The monoisotopic (exact) mass is 301 g/mol.